The number of hydrogen-bond donors (Lipinski definition) is 2. The minimum Gasteiger partial charge on any atom is -0.497 e. The lowest BCUT2D eigenvalue weighted by atomic mass is 10.1. The minimum atomic E-state index is -0.658. The Morgan fingerprint density at radius 3 is 2.59 bits per heavy atom. The van der Waals surface area contributed by atoms with Crippen LogP contribution in [0, 0.1) is 6.92 Å². The Bertz CT molecular complexity index is 613. The number of nitrogens with one attached hydrogen (secondary N) is 1. The van der Waals surface area contributed by atoms with E-state index in [4.69, 9.17) is 9.47 Å². The second kappa shape index (κ2) is 7.82. The van der Waals surface area contributed by atoms with Gasteiger partial charge in [-0.1, -0.05) is 29.8 Å². The van der Waals surface area contributed by atoms with E-state index in [2.05, 4.69) is 30.4 Å². The largest absolute Gasteiger partial charge is 0.497 e. The number of aliphatic hydroxyl groups excluding tert-OH is 1. The highest BCUT2D eigenvalue weighted by Gasteiger charge is 2.14. The van der Waals surface area contributed by atoms with Crippen LogP contribution in [-0.4, -0.2) is 25.9 Å². The van der Waals surface area contributed by atoms with Crippen LogP contribution < -0.4 is 14.8 Å². The number of hydrogen-bond acceptors (Lipinski definition) is 4. The highest BCUT2D eigenvalue weighted by atomic mass is 16.5. The molecule has 0 bridgehead atoms. The predicted molar refractivity (Wildman–Crippen MR) is 87.4 cm³/mol. The van der Waals surface area contributed by atoms with Crippen LogP contribution >= 0.6 is 0 Å². The van der Waals surface area contributed by atoms with Crippen molar-refractivity contribution in [2.45, 2.75) is 19.6 Å². The molecule has 0 amide bonds. The van der Waals surface area contributed by atoms with Crippen LogP contribution in [0.4, 0.5) is 0 Å². The molecule has 4 heteroatoms. The third-order valence-electron chi connectivity index (χ3n) is 3.55. The predicted octanol–water partition coefficient (Wildman–Crippen LogP) is 2.84. The van der Waals surface area contributed by atoms with Crippen molar-refractivity contribution in [3.63, 3.8) is 0 Å². The molecule has 0 spiro atoms. The molecule has 2 aromatic carbocycles. The van der Waals surface area contributed by atoms with E-state index in [1.165, 1.54) is 11.1 Å². The topological polar surface area (TPSA) is 50.7 Å². The summed E-state index contributed by atoms with van der Waals surface area (Å²) < 4.78 is 10.5. The third-order valence-corrected chi connectivity index (χ3v) is 3.55. The van der Waals surface area contributed by atoms with Gasteiger partial charge in [0, 0.05) is 18.7 Å². The van der Waals surface area contributed by atoms with Crippen molar-refractivity contribution in [2.75, 3.05) is 20.8 Å². The summed E-state index contributed by atoms with van der Waals surface area (Å²) in [5.74, 6) is 1.36. The molecule has 118 valence electrons. The first kappa shape index (κ1) is 16.3. The Kier molecular flexibility index (Phi) is 5.81. The maximum Gasteiger partial charge on any atom is 0.124 e. The molecule has 0 saturated heterocycles. The zero-order valence-corrected chi connectivity index (χ0v) is 13.3. The summed E-state index contributed by atoms with van der Waals surface area (Å²) in [4.78, 5) is 0. The smallest absolute Gasteiger partial charge is 0.124 e. The molecule has 0 saturated carbocycles. The zero-order chi connectivity index (χ0) is 15.9. The van der Waals surface area contributed by atoms with Gasteiger partial charge in [0.05, 0.1) is 20.3 Å². The maximum atomic E-state index is 10.4. The lowest BCUT2D eigenvalue weighted by Gasteiger charge is -2.16. The zero-order valence-electron chi connectivity index (χ0n) is 13.3. The van der Waals surface area contributed by atoms with Gasteiger partial charge in [-0.05, 0) is 30.7 Å². The molecule has 0 heterocycles. The first-order chi connectivity index (χ1) is 10.6. The molecule has 0 aromatic heterocycles. The highest BCUT2D eigenvalue weighted by molar-refractivity contribution is 5.41. The monoisotopic (exact) mass is 301 g/mol. The first-order valence-electron chi connectivity index (χ1n) is 7.30. The molecule has 0 aliphatic heterocycles. The lowest BCUT2D eigenvalue weighted by Crippen LogP contribution is -2.21. The quantitative estimate of drug-likeness (QED) is 0.825. The van der Waals surface area contributed by atoms with Gasteiger partial charge in [-0.2, -0.15) is 0 Å². The number of ether oxygens (including phenoxy) is 2. The number of methoxy groups -OCH3 is 2. The van der Waals surface area contributed by atoms with E-state index < -0.39 is 6.10 Å². The summed E-state index contributed by atoms with van der Waals surface area (Å²) in [7, 11) is 3.20. The number of aryl methyl sites for hydroxylation is 1. The molecular formula is C18H23NO3. The molecule has 1 unspecified atom stereocenters. The van der Waals surface area contributed by atoms with Crippen LogP contribution in [0.15, 0.2) is 42.5 Å². The molecule has 2 rings (SSSR count). The van der Waals surface area contributed by atoms with Gasteiger partial charge in [-0.25, -0.2) is 0 Å². The minimum absolute atomic E-state index is 0.442. The Morgan fingerprint density at radius 2 is 1.91 bits per heavy atom. The van der Waals surface area contributed by atoms with E-state index in [-0.39, 0.29) is 0 Å². The van der Waals surface area contributed by atoms with Crippen LogP contribution in [0.5, 0.6) is 11.5 Å². The molecule has 0 radical (unpaired) electrons. The summed E-state index contributed by atoms with van der Waals surface area (Å²) in [6.07, 6.45) is -0.658. The highest BCUT2D eigenvalue weighted by Crippen LogP contribution is 2.29. The number of rotatable bonds is 7. The summed E-state index contributed by atoms with van der Waals surface area (Å²) >= 11 is 0. The van der Waals surface area contributed by atoms with Crippen LogP contribution in [0.1, 0.15) is 22.8 Å². The van der Waals surface area contributed by atoms with Crippen LogP contribution in [0.25, 0.3) is 0 Å². The van der Waals surface area contributed by atoms with E-state index in [9.17, 15) is 5.11 Å². The molecule has 22 heavy (non-hydrogen) atoms. The average molecular weight is 301 g/mol. The second-order valence-corrected chi connectivity index (χ2v) is 5.24. The van der Waals surface area contributed by atoms with Crippen molar-refractivity contribution in [1.29, 1.82) is 0 Å². The van der Waals surface area contributed by atoms with E-state index in [1.54, 1.807) is 26.4 Å². The van der Waals surface area contributed by atoms with Crippen molar-refractivity contribution in [2.24, 2.45) is 0 Å². The molecule has 2 N–H and O–H groups in total. The van der Waals surface area contributed by atoms with Gasteiger partial charge in [0.2, 0.25) is 0 Å². The molecule has 4 nitrogen and oxygen atoms in total. The summed E-state index contributed by atoms with van der Waals surface area (Å²) in [5, 5.41) is 13.7. The van der Waals surface area contributed by atoms with Crippen LogP contribution in [-0.2, 0) is 6.54 Å². The SMILES string of the molecule is COc1ccc(OC)c(C(O)CNCc2cccc(C)c2)c1. The number of benzene rings is 2. The Hall–Kier alpha value is -2.04. The summed E-state index contributed by atoms with van der Waals surface area (Å²) in [6, 6.07) is 13.7. The van der Waals surface area contributed by atoms with E-state index >= 15 is 0 Å². The van der Waals surface area contributed by atoms with Gasteiger partial charge >= 0.3 is 0 Å². The molecular weight excluding hydrogens is 278 g/mol. The van der Waals surface area contributed by atoms with Gasteiger partial charge in [0.25, 0.3) is 0 Å². The van der Waals surface area contributed by atoms with Crippen LogP contribution in [0.3, 0.4) is 0 Å². The van der Waals surface area contributed by atoms with Gasteiger partial charge in [0.1, 0.15) is 11.5 Å². The Morgan fingerprint density at radius 1 is 1.09 bits per heavy atom. The second-order valence-electron chi connectivity index (χ2n) is 5.24. The lowest BCUT2D eigenvalue weighted by molar-refractivity contribution is 0.169. The van der Waals surface area contributed by atoms with Crippen molar-refractivity contribution in [3.05, 3.63) is 59.2 Å². The Balaban J connectivity index is 1.98. The number of aliphatic hydroxyl groups is 1. The van der Waals surface area contributed by atoms with E-state index in [1.807, 2.05) is 12.1 Å². The van der Waals surface area contributed by atoms with Crippen molar-refractivity contribution < 1.29 is 14.6 Å². The van der Waals surface area contributed by atoms with E-state index in [0.717, 1.165) is 5.56 Å². The maximum absolute atomic E-state index is 10.4. The van der Waals surface area contributed by atoms with Gasteiger partial charge in [0.15, 0.2) is 0 Å². The summed E-state index contributed by atoms with van der Waals surface area (Å²) in [5.41, 5.74) is 3.15. The molecule has 0 fully saturated rings. The van der Waals surface area contributed by atoms with Crippen molar-refractivity contribution in [3.8, 4) is 11.5 Å². The van der Waals surface area contributed by atoms with Crippen molar-refractivity contribution in [1.82, 2.24) is 5.32 Å². The van der Waals surface area contributed by atoms with Crippen LogP contribution in [0.2, 0.25) is 0 Å². The fourth-order valence-electron chi connectivity index (χ4n) is 2.39. The average Bonchev–Trinajstić information content (AvgIpc) is 2.54. The molecule has 0 aliphatic carbocycles. The molecule has 2 aromatic rings. The molecule has 0 aliphatic rings. The fraction of sp³-hybridized carbons (Fsp3) is 0.333. The standard InChI is InChI=1S/C18H23NO3/c1-13-5-4-6-14(9-13)11-19-12-17(20)16-10-15(21-2)7-8-18(16)22-3/h4-10,17,19-20H,11-12H2,1-3H3. The normalized spacial score (nSPS) is 12.0. The Labute approximate surface area is 131 Å². The molecule has 1 atom stereocenters. The van der Waals surface area contributed by atoms with E-state index in [0.29, 0.717) is 24.6 Å². The van der Waals surface area contributed by atoms with Gasteiger partial charge in [-0.15, -0.1) is 0 Å². The van der Waals surface area contributed by atoms with Crippen molar-refractivity contribution >= 4 is 0 Å². The van der Waals surface area contributed by atoms with Gasteiger partial charge < -0.3 is 19.9 Å². The third kappa shape index (κ3) is 4.23. The summed E-state index contributed by atoms with van der Waals surface area (Å²) in [6.45, 7) is 3.22. The first-order valence-corrected chi connectivity index (χ1v) is 7.30. The fourth-order valence-corrected chi connectivity index (χ4v) is 2.39. The van der Waals surface area contributed by atoms with Gasteiger partial charge in [-0.3, -0.25) is 0 Å².